The molecule has 0 aromatic heterocycles. The Labute approximate surface area is 136 Å². The molecule has 0 saturated heterocycles. The van der Waals surface area contributed by atoms with Gasteiger partial charge in [0.2, 0.25) is 0 Å². The van der Waals surface area contributed by atoms with Crippen molar-refractivity contribution in [3.05, 3.63) is 70.8 Å². The second kappa shape index (κ2) is 5.95. The standard InChI is InChI=1S/C21H26B/c1-15(16-8-6-5-7-9-16)22-20-13-10-17-14-18(21(2,3)4)11-12-19(17)20/h5-9,11-12,14-15,20H,10,13H2,1-4H3/t15-,20?/m1/s1. The van der Waals surface area contributed by atoms with Gasteiger partial charge in [-0.05, 0) is 46.6 Å². The first-order valence-corrected chi connectivity index (χ1v) is 8.48. The summed E-state index contributed by atoms with van der Waals surface area (Å²) >= 11 is 0. The van der Waals surface area contributed by atoms with Gasteiger partial charge in [-0.15, -0.1) is 0 Å². The molecule has 3 rings (SSSR count). The second-order valence-corrected chi connectivity index (χ2v) is 7.70. The molecule has 2 aromatic rings. The molecule has 0 bridgehead atoms. The third-order valence-corrected chi connectivity index (χ3v) is 4.98. The highest BCUT2D eigenvalue weighted by atomic mass is 14.3. The average molecular weight is 289 g/mol. The Bertz CT molecular complexity index is 637. The van der Waals surface area contributed by atoms with E-state index >= 15 is 0 Å². The largest absolute Gasteiger partial charge is 0.129 e. The maximum atomic E-state index is 2.54. The lowest BCUT2D eigenvalue weighted by atomic mass is 9.52. The van der Waals surface area contributed by atoms with Crippen LogP contribution < -0.4 is 0 Å². The maximum absolute atomic E-state index is 2.54. The van der Waals surface area contributed by atoms with Crippen LogP contribution in [0.1, 0.15) is 68.0 Å². The Kier molecular flexibility index (Phi) is 4.17. The number of hydrogen-bond donors (Lipinski definition) is 0. The van der Waals surface area contributed by atoms with Crippen LogP contribution in [0.3, 0.4) is 0 Å². The number of rotatable bonds is 3. The van der Waals surface area contributed by atoms with Crippen LogP contribution in [0.25, 0.3) is 0 Å². The molecule has 0 heterocycles. The van der Waals surface area contributed by atoms with Crippen molar-refractivity contribution in [1.82, 2.24) is 0 Å². The zero-order chi connectivity index (χ0) is 15.7. The molecular weight excluding hydrogens is 263 g/mol. The highest BCUT2D eigenvalue weighted by Crippen LogP contribution is 2.37. The molecule has 2 aromatic carbocycles. The van der Waals surface area contributed by atoms with E-state index in [4.69, 9.17) is 0 Å². The molecule has 0 aliphatic heterocycles. The Balaban J connectivity index is 1.77. The fourth-order valence-electron chi connectivity index (χ4n) is 3.53. The summed E-state index contributed by atoms with van der Waals surface area (Å²) in [5.74, 6) is 1.12. The smallest absolute Gasteiger partial charge is 0.0657 e. The molecule has 0 amide bonds. The average Bonchev–Trinajstić information content (AvgIpc) is 2.89. The Morgan fingerprint density at radius 2 is 1.77 bits per heavy atom. The SMILES string of the molecule is C[C@@H]([B]C1CCc2cc(C(C)(C)C)ccc21)c1ccccc1. The molecule has 1 unspecified atom stereocenters. The minimum atomic E-state index is 0.244. The van der Waals surface area contributed by atoms with Crippen molar-refractivity contribution in [2.75, 3.05) is 0 Å². The van der Waals surface area contributed by atoms with Gasteiger partial charge in [-0.1, -0.05) is 81.8 Å². The minimum absolute atomic E-state index is 0.244. The van der Waals surface area contributed by atoms with E-state index in [2.05, 4.69) is 83.5 Å². The molecule has 1 aliphatic rings. The predicted molar refractivity (Wildman–Crippen MR) is 96.8 cm³/mol. The number of fused-ring (bicyclic) bond motifs is 1. The van der Waals surface area contributed by atoms with E-state index in [0.717, 1.165) is 0 Å². The van der Waals surface area contributed by atoms with Gasteiger partial charge in [0.25, 0.3) is 0 Å². The van der Waals surface area contributed by atoms with Crippen LogP contribution in [0.4, 0.5) is 0 Å². The second-order valence-electron chi connectivity index (χ2n) is 7.70. The van der Waals surface area contributed by atoms with Gasteiger partial charge >= 0.3 is 0 Å². The zero-order valence-electron chi connectivity index (χ0n) is 14.3. The fourth-order valence-corrected chi connectivity index (χ4v) is 3.53. The number of aryl methyl sites for hydroxylation is 1. The van der Waals surface area contributed by atoms with Crippen LogP contribution >= 0.6 is 0 Å². The first kappa shape index (κ1) is 15.4. The Morgan fingerprint density at radius 3 is 2.45 bits per heavy atom. The van der Waals surface area contributed by atoms with Gasteiger partial charge in [0, 0.05) is 0 Å². The van der Waals surface area contributed by atoms with E-state index in [0.29, 0.717) is 11.6 Å². The molecule has 0 nitrogen and oxygen atoms in total. The van der Waals surface area contributed by atoms with E-state index in [9.17, 15) is 0 Å². The van der Waals surface area contributed by atoms with E-state index in [-0.39, 0.29) is 5.41 Å². The van der Waals surface area contributed by atoms with Crippen LogP contribution in [-0.4, -0.2) is 7.28 Å². The van der Waals surface area contributed by atoms with Crippen LogP contribution in [0.2, 0.25) is 0 Å². The predicted octanol–water partition coefficient (Wildman–Crippen LogP) is 5.44. The van der Waals surface area contributed by atoms with Gasteiger partial charge in [-0.3, -0.25) is 0 Å². The van der Waals surface area contributed by atoms with E-state index < -0.39 is 0 Å². The quantitative estimate of drug-likeness (QED) is 0.660. The lowest BCUT2D eigenvalue weighted by Gasteiger charge is -2.21. The Hall–Kier alpha value is -1.50. The van der Waals surface area contributed by atoms with Crippen LogP contribution in [-0.2, 0) is 11.8 Å². The van der Waals surface area contributed by atoms with Gasteiger partial charge in [0.05, 0.1) is 0 Å². The topological polar surface area (TPSA) is 0 Å². The minimum Gasteiger partial charge on any atom is -0.0657 e. The lowest BCUT2D eigenvalue weighted by Crippen LogP contribution is -2.14. The monoisotopic (exact) mass is 289 g/mol. The summed E-state index contributed by atoms with van der Waals surface area (Å²) in [6.45, 7) is 9.21. The third-order valence-electron chi connectivity index (χ3n) is 4.98. The molecule has 1 heteroatoms. The van der Waals surface area contributed by atoms with Gasteiger partial charge in [0.1, 0.15) is 7.28 Å². The van der Waals surface area contributed by atoms with E-state index in [1.165, 1.54) is 24.0 Å². The molecule has 0 fully saturated rings. The van der Waals surface area contributed by atoms with Crippen molar-refractivity contribution in [2.45, 2.75) is 57.6 Å². The molecule has 2 atom stereocenters. The van der Waals surface area contributed by atoms with Crippen LogP contribution in [0.5, 0.6) is 0 Å². The summed E-state index contributed by atoms with van der Waals surface area (Å²) in [6.07, 6.45) is 2.49. The summed E-state index contributed by atoms with van der Waals surface area (Å²) < 4.78 is 0. The highest BCUT2D eigenvalue weighted by Gasteiger charge is 2.26. The summed E-state index contributed by atoms with van der Waals surface area (Å²) in [7, 11) is 2.54. The summed E-state index contributed by atoms with van der Waals surface area (Å²) in [5.41, 5.74) is 6.24. The summed E-state index contributed by atoms with van der Waals surface area (Å²) in [5, 5.41) is 0. The zero-order valence-corrected chi connectivity index (χ0v) is 14.3. The van der Waals surface area contributed by atoms with Crippen molar-refractivity contribution in [2.24, 2.45) is 0 Å². The van der Waals surface area contributed by atoms with Crippen molar-refractivity contribution in [3.63, 3.8) is 0 Å². The van der Waals surface area contributed by atoms with Crippen LogP contribution in [0.15, 0.2) is 48.5 Å². The molecule has 0 spiro atoms. The molecule has 22 heavy (non-hydrogen) atoms. The van der Waals surface area contributed by atoms with Gasteiger partial charge in [-0.25, -0.2) is 0 Å². The van der Waals surface area contributed by atoms with Gasteiger partial charge in [-0.2, -0.15) is 0 Å². The molecular formula is C21H26B. The highest BCUT2D eigenvalue weighted by molar-refractivity contribution is 6.40. The molecule has 0 N–H and O–H groups in total. The van der Waals surface area contributed by atoms with Crippen molar-refractivity contribution < 1.29 is 0 Å². The Morgan fingerprint density at radius 1 is 1.05 bits per heavy atom. The van der Waals surface area contributed by atoms with Crippen molar-refractivity contribution >= 4 is 7.28 Å². The first-order valence-electron chi connectivity index (χ1n) is 8.48. The molecule has 113 valence electrons. The van der Waals surface area contributed by atoms with Gasteiger partial charge < -0.3 is 0 Å². The van der Waals surface area contributed by atoms with E-state index in [1.54, 1.807) is 11.1 Å². The third kappa shape index (κ3) is 3.14. The summed E-state index contributed by atoms with van der Waals surface area (Å²) in [4.78, 5) is 0. The first-order chi connectivity index (χ1) is 10.4. The van der Waals surface area contributed by atoms with Crippen LogP contribution in [0, 0.1) is 0 Å². The number of benzene rings is 2. The van der Waals surface area contributed by atoms with Crippen molar-refractivity contribution in [1.29, 1.82) is 0 Å². The van der Waals surface area contributed by atoms with E-state index in [1.807, 2.05) is 0 Å². The van der Waals surface area contributed by atoms with Crippen molar-refractivity contribution in [3.8, 4) is 0 Å². The lowest BCUT2D eigenvalue weighted by molar-refractivity contribution is 0.589. The normalized spacial score (nSPS) is 18.8. The molecule has 1 radical (unpaired) electrons. The molecule has 0 saturated carbocycles. The fraction of sp³-hybridized carbons (Fsp3) is 0.429. The summed E-state index contributed by atoms with van der Waals surface area (Å²) in [6, 6.07) is 18.0. The molecule has 1 aliphatic carbocycles. The van der Waals surface area contributed by atoms with Gasteiger partial charge in [0.15, 0.2) is 0 Å². The number of hydrogen-bond acceptors (Lipinski definition) is 0. The maximum Gasteiger partial charge on any atom is 0.129 e.